The fourth-order valence-corrected chi connectivity index (χ4v) is 2.90. The van der Waals surface area contributed by atoms with Crippen LogP contribution in [0.2, 0.25) is 5.02 Å². The fourth-order valence-electron chi connectivity index (χ4n) is 2.00. The first-order valence-corrected chi connectivity index (χ1v) is 8.23. The summed E-state index contributed by atoms with van der Waals surface area (Å²) in [5, 5.41) is 8.35. The molecule has 6 heteroatoms. The molecule has 0 unspecified atom stereocenters. The average molecular weight is 344 g/mol. The Labute approximate surface area is 143 Å². The second-order valence-corrected chi connectivity index (χ2v) is 6.23. The smallest absolute Gasteiger partial charge is 0.306 e. The van der Waals surface area contributed by atoms with Crippen LogP contribution < -0.4 is 10.6 Å². The van der Waals surface area contributed by atoms with Crippen molar-refractivity contribution in [1.29, 1.82) is 0 Å². The number of aryl methyl sites for hydroxylation is 1. The molecule has 0 radical (unpaired) electrons. The van der Waals surface area contributed by atoms with Gasteiger partial charge in [0.25, 0.3) is 0 Å². The van der Waals surface area contributed by atoms with E-state index in [1.807, 2.05) is 36.6 Å². The number of benzene rings is 2. The van der Waals surface area contributed by atoms with E-state index in [0.717, 1.165) is 11.3 Å². The first kappa shape index (κ1) is 15.5. The van der Waals surface area contributed by atoms with Gasteiger partial charge in [-0.2, -0.15) is 0 Å². The molecule has 0 bridgehead atoms. The lowest BCUT2D eigenvalue weighted by Crippen LogP contribution is -2.19. The number of halogens is 1. The normalized spacial score (nSPS) is 10.3. The third-order valence-corrected chi connectivity index (χ3v) is 4.28. The van der Waals surface area contributed by atoms with Gasteiger partial charge in [-0.15, -0.1) is 11.3 Å². The molecule has 2 N–H and O–H groups in total. The SMILES string of the molecule is Cc1ccc(-c2csc(NC(=O)Nc3ccccc3Cl)n2)cc1. The van der Waals surface area contributed by atoms with Gasteiger partial charge in [0.15, 0.2) is 5.13 Å². The molecular weight excluding hydrogens is 330 g/mol. The maximum absolute atomic E-state index is 12.0. The third kappa shape index (κ3) is 3.88. The predicted molar refractivity (Wildman–Crippen MR) is 96.4 cm³/mol. The van der Waals surface area contributed by atoms with Gasteiger partial charge in [0, 0.05) is 10.9 Å². The number of carbonyl (C=O) groups excluding carboxylic acids is 1. The van der Waals surface area contributed by atoms with Gasteiger partial charge in [0.1, 0.15) is 0 Å². The number of anilines is 2. The Balaban J connectivity index is 1.68. The Morgan fingerprint density at radius 1 is 1.09 bits per heavy atom. The van der Waals surface area contributed by atoms with Gasteiger partial charge in [-0.1, -0.05) is 53.6 Å². The van der Waals surface area contributed by atoms with Crippen molar-refractivity contribution in [3.8, 4) is 11.3 Å². The van der Waals surface area contributed by atoms with Crippen molar-refractivity contribution < 1.29 is 4.79 Å². The Morgan fingerprint density at radius 2 is 1.83 bits per heavy atom. The van der Waals surface area contributed by atoms with Crippen molar-refractivity contribution in [2.24, 2.45) is 0 Å². The Bertz CT molecular complexity index is 830. The number of hydrogen-bond acceptors (Lipinski definition) is 3. The van der Waals surface area contributed by atoms with Crippen LogP contribution >= 0.6 is 22.9 Å². The summed E-state index contributed by atoms with van der Waals surface area (Å²) in [7, 11) is 0. The molecule has 0 saturated carbocycles. The highest BCUT2D eigenvalue weighted by molar-refractivity contribution is 7.14. The molecule has 0 atom stereocenters. The second kappa shape index (κ2) is 6.81. The Morgan fingerprint density at radius 3 is 2.57 bits per heavy atom. The first-order chi connectivity index (χ1) is 11.1. The maximum atomic E-state index is 12.0. The van der Waals surface area contributed by atoms with Crippen molar-refractivity contribution in [1.82, 2.24) is 4.98 Å². The van der Waals surface area contributed by atoms with Crippen LogP contribution in [0.25, 0.3) is 11.3 Å². The van der Waals surface area contributed by atoms with Crippen molar-refractivity contribution in [2.45, 2.75) is 6.92 Å². The van der Waals surface area contributed by atoms with Gasteiger partial charge in [-0.05, 0) is 19.1 Å². The van der Waals surface area contributed by atoms with Crippen molar-refractivity contribution in [2.75, 3.05) is 10.6 Å². The predicted octanol–water partition coefficient (Wildman–Crippen LogP) is 5.42. The molecule has 0 aliphatic heterocycles. The van der Waals surface area contributed by atoms with Crippen LogP contribution in [0.4, 0.5) is 15.6 Å². The second-order valence-electron chi connectivity index (χ2n) is 4.96. The summed E-state index contributed by atoms with van der Waals surface area (Å²) in [6.07, 6.45) is 0. The molecule has 1 aromatic heterocycles. The lowest BCUT2D eigenvalue weighted by molar-refractivity contribution is 0.262. The fraction of sp³-hybridized carbons (Fsp3) is 0.0588. The van der Waals surface area contributed by atoms with E-state index in [2.05, 4.69) is 15.6 Å². The summed E-state index contributed by atoms with van der Waals surface area (Å²) in [6.45, 7) is 2.04. The molecule has 23 heavy (non-hydrogen) atoms. The summed E-state index contributed by atoms with van der Waals surface area (Å²) in [6, 6.07) is 14.8. The number of thiazole rings is 1. The van der Waals surface area contributed by atoms with E-state index in [1.54, 1.807) is 24.3 Å². The molecule has 0 fully saturated rings. The molecule has 2 aromatic carbocycles. The van der Waals surface area contributed by atoms with E-state index in [1.165, 1.54) is 16.9 Å². The van der Waals surface area contributed by atoms with Gasteiger partial charge in [0.05, 0.1) is 16.4 Å². The molecule has 3 aromatic rings. The molecule has 0 aliphatic rings. The molecule has 0 saturated heterocycles. The Hall–Kier alpha value is -2.37. The van der Waals surface area contributed by atoms with Crippen molar-refractivity contribution in [3.05, 3.63) is 64.5 Å². The van der Waals surface area contributed by atoms with Crippen LogP contribution in [0, 0.1) is 6.92 Å². The van der Waals surface area contributed by atoms with E-state index >= 15 is 0 Å². The highest BCUT2D eigenvalue weighted by Gasteiger charge is 2.09. The lowest BCUT2D eigenvalue weighted by atomic mass is 10.1. The molecule has 0 spiro atoms. The van der Waals surface area contributed by atoms with Crippen LogP contribution in [0.3, 0.4) is 0 Å². The van der Waals surface area contributed by atoms with E-state index < -0.39 is 0 Å². The average Bonchev–Trinajstić information content (AvgIpc) is 2.98. The highest BCUT2D eigenvalue weighted by Crippen LogP contribution is 2.26. The van der Waals surface area contributed by atoms with Gasteiger partial charge in [-0.25, -0.2) is 9.78 Å². The van der Waals surface area contributed by atoms with Crippen molar-refractivity contribution >= 4 is 39.8 Å². The molecule has 116 valence electrons. The highest BCUT2D eigenvalue weighted by atomic mass is 35.5. The lowest BCUT2D eigenvalue weighted by Gasteiger charge is -2.06. The molecule has 3 rings (SSSR count). The maximum Gasteiger partial charge on any atom is 0.325 e. The molecular formula is C17H14ClN3OS. The molecule has 2 amide bonds. The summed E-state index contributed by atoms with van der Waals surface area (Å²) in [5.74, 6) is 0. The number of rotatable bonds is 3. The number of nitrogens with zero attached hydrogens (tertiary/aromatic N) is 1. The number of amides is 2. The van der Waals surface area contributed by atoms with Gasteiger partial charge < -0.3 is 5.32 Å². The van der Waals surface area contributed by atoms with Gasteiger partial charge >= 0.3 is 6.03 Å². The quantitative estimate of drug-likeness (QED) is 0.667. The van der Waals surface area contributed by atoms with Gasteiger partial charge in [0.2, 0.25) is 0 Å². The van der Waals surface area contributed by atoms with Crippen LogP contribution in [0.15, 0.2) is 53.9 Å². The molecule has 0 aliphatic carbocycles. The summed E-state index contributed by atoms with van der Waals surface area (Å²) >= 11 is 7.39. The summed E-state index contributed by atoms with van der Waals surface area (Å²) in [4.78, 5) is 16.4. The monoisotopic (exact) mass is 343 g/mol. The number of urea groups is 1. The minimum Gasteiger partial charge on any atom is -0.306 e. The van der Waals surface area contributed by atoms with Crippen LogP contribution in [-0.4, -0.2) is 11.0 Å². The minimum atomic E-state index is -0.372. The Kier molecular flexibility index (Phi) is 4.60. The number of hydrogen-bond donors (Lipinski definition) is 2. The zero-order valence-corrected chi connectivity index (χ0v) is 13.9. The van der Waals surface area contributed by atoms with Crippen LogP contribution in [-0.2, 0) is 0 Å². The van der Waals surface area contributed by atoms with E-state index in [-0.39, 0.29) is 6.03 Å². The topological polar surface area (TPSA) is 54.0 Å². The number of aromatic nitrogens is 1. The molecule has 1 heterocycles. The standard InChI is InChI=1S/C17H14ClN3OS/c1-11-6-8-12(9-7-11)15-10-23-17(20-15)21-16(22)19-14-5-3-2-4-13(14)18/h2-10H,1H3,(H2,19,20,21,22). The summed E-state index contributed by atoms with van der Waals surface area (Å²) in [5.41, 5.74) is 3.61. The minimum absolute atomic E-state index is 0.372. The van der Waals surface area contributed by atoms with Crippen molar-refractivity contribution in [3.63, 3.8) is 0 Å². The number of para-hydroxylation sites is 1. The first-order valence-electron chi connectivity index (χ1n) is 6.97. The summed E-state index contributed by atoms with van der Waals surface area (Å²) < 4.78 is 0. The number of carbonyl (C=O) groups is 1. The third-order valence-electron chi connectivity index (χ3n) is 3.19. The van der Waals surface area contributed by atoms with E-state index in [9.17, 15) is 4.79 Å². The zero-order chi connectivity index (χ0) is 16.2. The molecule has 4 nitrogen and oxygen atoms in total. The van der Waals surface area contributed by atoms with Gasteiger partial charge in [-0.3, -0.25) is 5.32 Å². The zero-order valence-electron chi connectivity index (χ0n) is 12.3. The largest absolute Gasteiger partial charge is 0.325 e. The van der Waals surface area contributed by atoms with Crippen LogP contribution in [0.5, 0.6) is 0 Å². The number of nitrogens with one attached hydrogen (secondary N) is 2. The van der Waals surface area contributed by atoms with Crippen LogP contribution in [0.1, 0.15) is 5.56 Å². The van der Waals surface area contributed by atoms with E-state index in [4.69, 9.17) is 11.6 Å². The van der Waals surface area contributed by atoms with E-state index in [0.29, 0.717) is 15.8 Å².